The van der Waals surface area contributed by atoms with Gasteiger partial charge in [0.15, 0.2) is 9.84 Å². The largest absolute Gasteiger partial charge is 0.490 e. The van der Waals surface area contributed by atoms with Crippen molar-refractivity contribution < 1.29 is 13.2 Å². The molecule has 0 saturated carbocycles. The molecule has 0 fully saturated rings. The maximum absolute atomic E-state index is 11.4. The Kier molecular flexibility index (Phi) is 3.63. The van der Waals surface area contributed by atoms with Crippen LogP contribution in [-0.4, -0.2) is 20.8 Å². The van der Waals surface area contributed by atoms with Gasteiger partial charge in [-0.2, -0.15) is 0 Å². The van der Waals surface area contributed by atoms with Gasteiger partial charge in [0, 0.05) is 6.26 Å². The first-order chi connectivity index (χ1) is 7.21. The molecular formula is C12H18O3S. The van der Waals surface area contributed by atoms with Gasteiger partial charge in [-0.05, 0) is 51.0 Å². The topological polar surface area (TPSA) is 43.4 Å². The van der Waals surface area contributed by atoms with Crippen LogP contribution in [0.2, 0.25) is 0 Å². The van der Waals surface area contributed by atoms with Crippen molar-refractivity contribution in [3.05, 3.63) is 23.3 Å². The highest BCUT2D eigenvalue weighted by atomic mass is 32.2. The van der Waals surface area contributed by atoms with E-state index in [0.29, 0.717) is 4.90 Å². The minimum Gasteiger partial charge on any atom is -0.490 e. The van der Waals surface area contributed by atoms with E-state index in [1.807, 2.05) is 27.7 Å². The van der Waals surface area contributed by atoms with Gasteiger partial charge in [-0.15, -0.1) is 0 Å². The summed E-state index contributed by atoms with van der Waals surface area (Å²) in [6.07, 6.45) is 1.30. The van der Waals surface area contributed by atoms with Crippen molar-refractivity contribution in [2.75, 3.05) is 6.26 Å². The van der Waals surface area contributed by atoms with Crippen LogP contribution < -0.4 is 4.74 Å². The van der Waals surface area contributed by atoms with Crippen LogP contribution in [0.25, 0.3) is 0 Å². The lowest BCUT2D eigenvalue weighted by molar-refractivity contribution is 0.239. The SMILES string of the molecule is Cc1cc(S(C)(=O)=O)cc(C)c1OC(C)C. The molecule has 0 aliphatic rings. The fraction of sp³-hybridized carbons (Fsp3) is 0.500. The molecule has 90 valence electrons. The van der Waals surface area contributed by atoms with Crippen molar-refractivity contribution in [3.8, 4) is 5.75 Å². The average Bonchev–Trinajstić information content (AvgIpc) is 2.09. The molecule has 0 atom stereocenters. The average molecular weight is 242 g/mol. The van der Waals surface area contributed by atoms with Crippen LogP contribution >= 0.6 is 0 Å². The molecular weight excluding hydrogens is 224 g/mol. The fourth-order valence-corrected chi connectivity index (χ4v) is 2.33. The van der Waals surface area contributed by atoms with Gasteiger partial charge in [0.05, 0.1) is 11.0 Å². The molecule has 0 heterocycles. The van der Waals surface area contributed by atoms with Crippen LogP contribution in [0.1, 0.15) is 25.0 Å². The number of hydrogen-bond acceptors (Lipinski definition) is 3. The Hall–Kier alpha value is -1.03. The molecule has 0 bridgehead atoms. The number of aryl methyl sites for hydroxylation is 2. The molecule has 16 heavy (non-hydrogen) atoms. The molecule has 0 saturated heterocycles. The first kappa shape index (κ1) is 13.0. The van der Waals surface area contributed by atoms with E-state index < -0.39 is 9.84 Å². The first-order valence-electron chi connectivity index (χ1n) is 5.19. The van der Waals surface area contributed by atoms with Crippen molar-refractivity contribution in [3.63, 3.8) is 0 Å². The maximum atomic E-state index is 11.4. The van der Waals surface area contributed by atoms with Crippen molar-refractivity contribution in [1.82, 2.24) is 0 Å². The molecule has 0 aliphatic heterocycles. The summed E-state index contributed by atoms with van der Waals surface area (Å²) in [7, 11) is -3.15. The highest BCUT2D eigenvalue weighted by Crippen LogP contribution is 2.27. The van der Waals surface area contributed by atoms with E-state index in [4.69, 9.17) is 4.74 Å². The predicted octanol–water partition coefficient (Wildman–Crippen LogP) is 2.49. The molecule has 0 aliphatic carbocycles. The normalized spacial score (nSPS) is 11.9. The lowest BCUT2D eigenvalue weighted by atomic mass is 10.1. The Morgan fingerprint density at radius 1 is 1.12 bits per heavy atom. The summed E-state index contributed by atoms with van der Waals surface area (Å²) in [6.45, 7) is 7.62. The minimum atomic E-state index is -3.15. The quantitative estimate of drug-likeness (QED) is 0.818. The van der Waals surface area contributed by atoms with E-state index in [2.05, 4.69) is 0 Å². The van der Waals surface area contributed by atoms with Crippen molar-refractivity contribution in [1.29, 1.82) is 0 Å². The highest BCUT2D eigenvalue weighted by Gasteiger charge is 2.13. The summed E-state index contributed by atoms with van der Waals surface area (Å²) >= 11 is 0. The Bertz CT molecular complexity index is 464. The minimum absolute atomic E-state index is 0.0847. The van der Waals surface area contributed by atoms with E-state index in [1.165, 1.54) is 6.26 Å². The van der Waals surface area contributed by atoms with Crippen molar-refractivity contribution >= 4 is 9.84 Å². The zero-order chi connectivity index (χ0) is 12.5. The first-order valence-corrected chi connectivity index (χ1v) is 7.09. The van der Waals surface area contributed by atoms with E-state index >= 15 is 0 Å². The summed E-state index contributed by atoms with van der Waals surface area (Å²) in [5, 5.41) is 0. The molecule has 1 aromatic rings. The third-order valence-electron chi connectivity index (χ3n) is 2.22. The summed E-state index contributed by atoms with van der Waals surface area (Å²) in [6, 6.07) is 3.31. The zero-order valence-corrected chi connectivity index (χ0v) is 11.2. The van der Waals surface area contributed by atoms with Crippen LogP contribution in [0, 0.1) is 13.8 Å². The van der Waals surface area contributed by atoms with Gasteiger partial charge >= 0.3 is 0 Å². The molecule has 1 rings (SSSR count). The van der Waals surface area contributed by atoms with Gasteiger partial charge in [-0.25, -0.2) is 8.42 Å². The van der Waals surface area contributed by atoms with E-state index in [-0.39, 0.29) is 6.10 Å². The molecule has 1 aromatic carbocycles. The number of rotatable bonds is 3. The lowest BCUT2D eigenvalue weighted by Crippen LogP contribution is -2.09. The fourth-order valence-electron chi connectivity index (χ4n) is 1.55. The number of ether oxygens (including phenoxy) is 1. The van der Waals surface area contributed by atoms with Crippen LogP contribution in [0.3, 0.4) is 0 Å². The maximum Gasteiger partial charge on any atom is 0.175 e. The summed E-state index contributed by atoms with van der Waals surface area (Å²) < 4.78 is 28.5. The van der Waals surface area contributed by atoms with Crippen LogP contribution in [-0.2, 0) is 9.84 Å². The second-order valence-corrected chi connectivity index (χ2v) is 6.34. The monoisotopic (exact) mass is 242 g/mol. The molecule has 0 unspecified atom stereocenters. The number of sulfone groups is 1. The summed E-state index contributed by atoms with van der Waals surface area (Å²) in [4.78, 5) is 0.346. The molecule has 3 nitrogen and oxygen atoms in total. The highest BCUT2D eigenvalue weighted by molar-refractivity contribution is 7.90. The van der Waals surface area contributed by atoms with Gasteiger partial charge in [0.1, 0.15) is 5.75 Å². The third kappa shape index (κ3) is 2.98. The van der Waals surface area contributed by atoms with Crippen molar-refractivity contribution in [2.24, 2.45) is 0 Å². The van der Waals surface area contributed by atoms with Crippen LogP contribution in [0.15, 0.2) is 17.0 Å². The van der Waals surface area contributed by atoms with Crippen LogP contribution in [0.5, 0.6) is 5.75 Å². The van der Waals surface area contributed by atoms with Gasteiger partial charge in [-0.3, -0.25) is 0 Å². The van der Waals surface area contributed by atoms with E-state index in [1.54, 1.807) is 12.1 Å². The smallest absolute Gasteiger partial charge is 0.175 e. The van der Waals surface area contributed by atoms with Gasteiger partial charge < -0.3 is 4.74 Å². The second-order valence-electron chi connectivity index (χ2n) is 4.32. The predicted molar refractivity (Wildman–Crippen MR) is 64.8 cm³/mol. The van der Waals surface area contributed by atoms with Gasteiger partial charge in [-0.1, -0.05) is 0 Å². The van der Waals surface area contributed by atoms with Gasteiger partial charge in [0.25, 0.3) is 0 Å². The standard InChI is InChI=1S/C12H18O3S/c1-8(2)15-12-9(3)6-11(7-10(12)4)16(5,13)14/h6-8H,1-5H3. The number of benzene rings is 1. The number of hydrogen-bond donors (Lipinski definition) is 0. The molecule has 0 spiro atoms. The summed E-state index contributed by atoms with van der Waals surface area (Å²) in [5.74, 6) is 0.780. The molecule has 0 N–H and O–H groups in total. The van der Waals surface area contributed by atoms with E-state index in [9.17, 15) is 8.42 Å². The third-order valence-corrected chi connectivity index (χ3v) is 3.31. The summed E-state index contributed by atoms with van der Waals surface area (Å²) in [5.41, 5.74) is 1.71. The molecule has 0 radical (unpaired) electrons. The Morgan fingerprint density at radius 2 is 1.56 bits per heavy atom. The van der Waals surface area contributed by atoms with E-state index in [0.717, 1.165) is 16.9 Å². The molecule has 0 aromatic heterocycles. The Labute approximate surface area is 97.4 Å². The Balaban J connectivity index is 3.28. The van der Waals surface area contributed by atoms with Crippen LogP contribution in [0.4, 0.5) is 0 Å². The van der Waals surface area contributed by atoms with Crippen molar-refractivity contribution in [2.45, 2.75) is 38.7 Å². The zero-order valence-electron chi connectivity index (χ0n) is 10.4. The molecule has 4 heteroatoms. The lowest BCUT2D eigenvalue weighted by Gasteiger charge is -2.16. The van der Waals surface area contributed by atoms with Gasteiger partial charge in [0.2, 0.25) is 0 Å². The Morgan fingerprint density at radius 3 is 1.88 bits per heavy atom. The molecule has 0 amide bonds. The second kappa shape index (κ2) is 4.45.